The smallest absolute Gasteiger partial charge is 0.207 e. The van der Waals surface area contributed by atoms with Gasteiger partial charge in [-0.05, 0) is 30.6 Å². The Kier molecular flexibility index (Phi) is 4.23. The highest BCUT2D eigenvalue weighted by Crippen LogP contribution is 2.44. The summed E-state index contributed by atoms with van der Waals surface area (Å²) in [6.45, 7) is 0. The Hall–Kier alpha value is 0.135. The maximum atomic E-state index is 11.5. The first-order valence-electron chi connectivity index (χ1n) is 5.36. The van der Waals surface area contributed by atoms with E-state index >= 15 is 0 Å². The van der Waals surface area contributed by atoms with Crippen molar-refractivity contribution in [2.24, 2.45) is 17.8 Å². The second kappa shape index (κ2) is 5.46. The van der Waals surface area contributed by atoms with Crippen LogP contribution in [0.5, 0.6) is 0 Å². The first-order chi connectivity index (χ1) is 7.29. The number of allylic oxidation sites excluding steroid dienone is 2. The number of hydrogen-bond donors (Lipinski definition) is 1. The van der Waals surface area contributed by atoms with Gasteiger partial charge >= 0.3 is 0 Å². The van der Waals surface area contributed by atoms with Crippen LogP contribution in [0, 0.1) is 17.8 Å². The zero-order valence-electron chi connectivity index (χ0n) is 8.53. The number of rotatable bonds is 5. The molecule has 0 saturated heterocycles. The van der Waals surface area contributed by atoms with E-state index in [4.69, 9.17) is 0 Å². The Balaban J connectivity index is 1.69. The Labute approximate surface area is 107 Å². The van der Waals surface area contributed by atoms with E-state index in [1.807, 2.05) is 12.1 Å². The maximum Gasteiger partial charge on any atom is 0.207 e. The average molecular weight is 310 g/mol. The molecule has 0 aromatic rings. The molecule has 75 valence electrons. The number of hydrogen-bond acceptors (Lipinski definition) is 1. The van der Waals surface area contributed by atoms with E-state index in [1.165, 1.54) is 12.8 Å². The number of carbonyl (C=O) groups is 1. The minimum absolute atomic E-state index is 0.149. The van der Waals surface area contributed by atoms with Gasteiger partial charge < -0.3 is 5.23 Å². The predicted molar refractivity (Wildman–Crippen MR) is 72.9 cm³/mol. The molecule has 3 atom stereocenters. The van der Waals surface area contributed by atoms with Gasteiger partial charge in [-0.25, -0.2) is 0 Å². The summed E-state index contributed by atoms with van der Waals surface area (Å²) in [5.74, 6) is 2.15. The number of halogens is 1. The van der Waals surface area contributed by atoms with Crippen LogP contribution in [0.15, 0.2) is 12.2 Å². The topological polar surface area (TPSA) is 29.1 Å². The number of nitrogens with one attached hydrogen (secondary N) is 1. The molecule has 6 heteroatoms. The molecule has 15 heavy (non-hydrogen) atoms. The lowest BCUT2D eigenvalue weighted by Crippen LogP contribution is -2.34. The fraction of sp³-hybridized carbons (Fsp3) is 0.667. The Morgan fingerprint density at radius 1 is 1.47 bits per heavy atom. The summed E-state index contributed by atoms with van der Waals surface area (Å²) in [7, 11) is 3.54. The van der Waals surface area contributed by atoms with E-state index < -0.39 is 0 Å². The fourth-order valence-electron chi connectivity index (χ4n) is 2.60. The van der Waals surface area contributed by atoms with Gasteiger partial charge in [-0.15, -0.1) is 0 Å². The van der Waals surface area contributed by atoms with E-state index in [9.17, 15) is 4.79 Å². The van der Waals surface area contributed by atoms with Crippen molar-refractivity contribution in [2.45, 2.75) is 19.3 Å². The monoisotopic (exact) mass is 310 g/mol. The fourth-order valence-corrected chi connectivity index (χ4v) is 2.81. The van der Waals surface area contributed by atoms with E-state index in [1.54, 1.807) is 7.31 Å². The van der Waals surface area contributed by atoms with Crippen molar-refractivity contribution in [3.63, 3.8) is 0 Å². The molecule has 2 bridgehead atoms. The van der Waals surface area contributed by atoms with Crippen LogP contribution in [0.2, 0.25) is 0 Å². The molecule has 3 radical (unpaired) electrons. The summed E-state index contributed by atoms with van der Waals surface area (Å²) in [4.78, 5) is 11.5. The number of amides is 1. The van der Waals surface area contributed by atoms with Gasteiger partial charge in [0.15, 0.2) is 7.31 Å². The van der Waals surface area contributed by atoms with Gasteiger partial charge in [0.05, 0.1) is 7.06 Å². The lowest BCUT2D eigenvalue weighted by Gasteiger charge is -2.17. The highest BCUT2D eigenvalue weighted by molar-refractivity contribution is 14.1. The molecule has 0 heterocycles. The van der Waals surface area contributed by atoms with Crippen LogP contribution < -0.4 is 5.23 Å². The second-order valence-electron chi connectivity index (χ2n) is 4.30. The summed E-state index contributed by atoms with van der Waals surface area (Å²) in [5.41, 5.74) is 0. The lowest BCUT2D eigenvalue weighted by atomic mass is 9.33. The summed E-state index contributed by atoms with van der Waals surface area (Å²) in [5, 5.41) is 4.66. The molecule has 1 N–H and O–H groups in total. The molecule has 2 aliphatic rings. The third kappa shape index (κ3) is 3.05. The summed E-state index contributed by atoms with van der Waals surface area (Å²) >= 11 is 2.13. The van der Waals surface area contributed by atoms with Crippen molar-refractivity contribution in [3.8, 4) is 0 Å². The van der Waals surface area contributed by atoms with Crippen molar-refractivity contribution in [1.29, 1.82) is 0 Å². The molecule has 1 amide bonds. The van der Waals surface area contributed by atoms with Gasteiger partial charge in [0.25, 0.3) is 0 Å². The third-order valence-electron chi connectivity index (χ3n) is 3.28. The molecule has 0 aliphatic heterocycles. The summed E-state index contributed by atoms with van der Waals surface area (Å²) < 4.78 is 0. The molecule has 3 unspecified atom stereocenters. The Morgan fingerprint density at radius 2 is 2.33 bits per heavy atom. The molecule has 1 fully saturated rings. The van der Waals surface area contributed by atoms with Crippen molar-refractivity contribution < 1.29 is 4.79 Å². The molecule has 2 rings (SSSR count). The highest BCUT2D eigenvalue weighted by atomic mass is 127. The predicted octanol–water partition coefficient (Wildman–Crippen LogP) is 0.912. The van der Waals surface area contributed by atoms with E-state index in [0.29, 0.717) is 18.3 Å². The lowest BCUT2D eigenvalue weighted by molar-refractivity contribution is -0.120. The van der Waals surface area contributed by atoms with Crippen molar-refractivity contribution >= 4 is 47.7 Å². The van der Waals surface area contributed by atoms with Gasteiger partial charge in [0.2, 0.25) is 5.91 Å². The first kappa shape index (κ1) is 11.6. The zero-order chi connectivity index (χ0) is 10.7. The second-order valence-corrected chi connectivity index (χ2v) is 5.02. The average Bonchev–Trinajstić information content (AvgIpc) is 2.79. The van der Waals surface area contributed by atoms with E-state index in [2.05, 4.69) is 39.8 Å². The van der Waals surface area contributed by atoms with Gasteiger partial charge in [-0.2, -0.15) is 22.4 Å². The van der Waals surface area contributed by atoms with Crippen LogP contribution in [-0.4, -0.2) is 25.3 Å². The van der Waals surface area contributed by atoms with Crippen LogP contribution in [-0.2, 0) is 4.79 Å². The SMILES string of the molecule is O=C(CC1CC2C=CC1C2)N[B][B][B]I. The van der Waals surface area contributed by atoms with Crippen molar-refractivity contribution in [3.05, 3.63) is 12.2 Å². The molecule has 0 spiro atoms. The summed E-state index contributed by atoms with van der Waals surface area (Å²) in [6, 6.07) is 0. The summed E-state index contributed by atoms with van der Waals surface area (Å²) in [6.07, 6.45) is 7.76. The molecule has 1 saturated carbocycles. The largest absolute Gasteiger partial charge is 0.413 e. The normalized spacial score (nSPS) is 31.4. The highest BCUT2D eigenvalue weighted by Gasteiger charge is 2.36. The molecule has 0 aromatic heterocycles. The first-order valence-corrected chi connectivity index (χ1v) is 6.60. The third-order valence-corrected chi connectivity index (χ3v) is 3.69. The molecule has 2 nitrogen and oxygen atoms in total. The van der Waals surface area contributed by atoms with Gasteiger partial charge in [0.1, 0.15) is 5.03 Å². The Morgan fingerprint density at radius 3 is 2.93 bits per heavy atom. The minimum Gasteiger partial charge on any atom is -0.413 e. The van der Waals surface area contributed by atoms with E-state index in [0.717, 1.165) is 5.92 Å². The Bertz CT molecular complexity index is 274. The van der Waals surface area contributed by atoms with Gasteiger partial charge in [-0.3, -0.25) is 4.79 Å². The number of fused-ring (bicyclic) bond motifs is 2. The van der Waals surface area contributed by atoms with Gasteiger partial charge in [0, 0.05) is 6.42 Å². The van der Waals surface area contributed by atoms with Gasteiger partial charge in [-0.1, -0.05) is 12.2 Å². The van der Waals surface area contributed by atoms with Crippen molar-refractivity contribution in [1.82, 2.24) is 5.23 Å². The van der Waals surface area contributed by atoms with Crippen LogP contribution in [0.1, 0.15) is 19.3 Å². The maximum absolute atomic E-state index is 11.5. The quantitative estimate of drug-likeness (QED) is 0.348. The number of carbonyl (C=O) groups excluding carboxylic acids is 1. The van der Waals surface area contributed by atoms with Crippen molar-refractivity contribution in [2.75, 3.05) is 0 Å². The standard InChI is InChI=1S/C9H12B3INO/c13-11-10-12-14-9(15)5-8-4-6-1-2-7(8)3-6/h1-2,6-8H,3-5H2,(H,14,15). The van der Waals surface area contributed by atoms with E-state index in [-0.39, 0.29) is 5.91 Å². The van der Waals surface area contributed by atoms with Crippen LogP contribution in [0.3, 0.4) is 0 Å². The minimum atomic E-state index is 0.149. The molecule has 0 aromatic carbocycles. The molecule has 2 aliphatic carbocycles. The van der Waals surface area contributed by atoms with Crippen LogP contribution >= 0.6 is 22.4 Å². The zero-order valence-corrected chi connectivity index (χ0v) is 10.7. The molecular formula is C9H12B3INO. The van der Waals surface area contributed by atoms with Crippen LogP contribution in [0.25, 0.3) is 0 Å². The van der Waals surface area contributed by atoms with Crippen LogP contribution in [0.4, 0.5) is 0 Å². The molecular weight excluding hydrogens is 297 g/mol.